The Balaban J connectivity index is 1.89. The summed E-state index contributed by atoms with van der Waals surface area (Å²) in [5.74, 6) is -7.15. The lowest BCUT2D eigenvalue weighted by Crippen LogP contribution is -2.40. The molecular weight excluding hydrogens is 464 g/mol. The Labute approximate surface area is 180 Å². The molecule has 0 saturated heterocycles. The van der Waals surface area contributed by atoms with Crippen molar-refractivity contribution in [1.82, 2.24) is 4.72 Å². The van der Waals surface area contributed by atoms with Crippen molar-refractivity contribution in [1.29, 1.82) is 0 Å². The van der Waals surface area contributed by atoms with Crippen molar-refractivity contribution in [2.45, 2.75) is 42.7 Å². The molecule has 0 aromatic heterocycles. The Morgan fingerprint density at radius 1 is 1.03 bits per heavy atom. The van der Waals surface area contributed by atoms with Crippen molar-refractivity contribution in [2.24, 2.45) is 0 Å². The molecule has 3 N–H and O–H groups in total. The molecule has 1 amide bonds. The predicted molar refractivity (Wildman–Crippen MR) is 104 cm³/mol. The Morgan fingerprint density at radius 3 is 2.29 bits per heavy atom. The number of hydrogen-bond acceptors (Lipinski definition) is 4. The minimum atomic E-state index is -4.42. The van der Waals surface area contributed by atoms with Gasteiger partial charge in [-0.3, -0.25) is 4.79 Å². The van der Waals surface area contributed by atoms with E-state index in [9.17, 15) is 35.9 Å². The van der Waals surface area contributed by atoms with E-state index in [4.69, 9.17) is 11.6 Å². The number of carbonyl (C=O) groups is 1. The summed E-state index contributed by atoms with van der Waals surface area (Å²) in [6.45, 7) is 0. The first kappa shape index (κ1) is 23.5. The SMILES string of the molecule is O=C(Nc1cc(F)c(F)c(F)c1)c1cc(S(=O)(=O)NC2CCCC(O)C2)c(F)cc1Cl. The van der Waals surface area contributed by atoms with E-state index in [1.807, 2.05) is 0 Å². The molecule has 168 valence electrons. The standard InChI is InChI=1S/C19H17ClF4N2O4S/c20-13-8-14(21)17(31(29,30)26-9-2-1-3-11(27)4-9)7-12(13)19(28)25-10-5-15(22)18(24)16(23)6-10/h5-9,11,26-27H,1-4H2,(H,25,28). The summed E-state index contributed by atoms with van der Waals surface area (Å²) < 4.78 is 81.7. The van der Waals surface area contributed by atoms with Crippen LogP contribution in [0.1, 0.15) is 36.0 Å². The fourth-order valence-corrected chi connectivity index (χ4v) is 4.89. The van der Waals surface area contributed by atoms with E-state index in [1.54, 1.807) is 0 Å². The van der Waals surface area contributed by atoms with Crippen molar-refractivity contribution in [2.75, 3.05) is 5.32 Å². The Kier molecular flexibility index (Phi) is 6.89. The van der Waals surface area contributed by atoms with Gasteiger partial charge in [0.15, 0.2) is 17.5 Å². The van der Waals surface area contributed by atoms with Gasteiger partial charge in [-0.1, -0.05) is 11.6 Å². The number of anilines is 1. The zero-order chi connectivity index (χ0) is 22.9. The zero-order valence-electron chi connectivity index (χ0n) is 15.8. The number of amides is 1. The number of nitrogens with one attached hydrogen (secondary N) is 2. The molecule has 0 aliphatic heterocycles. The summed E-state index contributed by atoms with van der Waals surface area (Å²) in [4.78, 5) is 11.6. The summed E-state index contributed by atoms with van der Waals surface area (Å²) in [6.07, 6.45) is 1.02. The molecule has 0 bridgehead atoms. The van der Waals surface area contributed by atoms with Crippen LogP contribution < -0.4 is 10.0 Å². The van der Waals surface area contributed by atoms with Gasteiger partial charge in [-0.05, 0) is 37.8 Å². The highest BCUT2D eigenvalue weighted by Crippen LogP contribution is 2.27. The van der Waals surface area contributed by atoms with E-state index in [0.717, 1.165) is 0 Å². The molecular formula is C19H17ClF4N2O4S. The summed E-state index contributed by atoms with van der Waals surface area (Å²) >= 11 is 5.85. The quantitative estimate of drug-likeness (QED) is 0.449. The van der Waals surface area contributed by atoms with Gasteiger partial charge >= 0.3 is 0 Å². The van der Waals surface area contributed by atoms with Gasteiger partial charge in [-0.15, -0.1) is 0 Å². The van der Waals surface area contributed by atoms with Crippen LogP contribution >= 0.6 is 11.6 Å². The number of halogens is 5. The number of aliphatic hydroxyl groups is 1. The van der Waals surface area contributed by atoms with Crippen molar-refractivity contribution in [3.63, 3.8) is 0 Å². The molecule has 1 aliphatic rings. The first-order valence-corrected chi connectivity index (χ1v) is 11.0. The predicted octanol–water partition coefficient (Wildman–Crippen LogP) is 3.73. The average molecular weight is 481 g/mol. The second-order valence-electron chi connectivity index (χ2n) is 7.11. The molecule has 3 rings (SSSR count). The fourth-order valence-electron chi connectivity index (χ4n) is 3.29. The van der Waals surface area contributed by atoms with Gasteiger partial charge in [0.25, 0.3) is 5.91 Å². The molecule has 0 heterocycles. The maximum absolute atomic E-state index is 14.4. The summed E-state index contributed by atoms with van der Waals surface area (Å²) in [5.41, 5.74) is -0.947. The van der Waals surface area contributed by atoms with Crippen molar-refractivity contribution in [3.8, 4) is 0 Å². The van der Waals surface area contributed by atoms with Gasteiger partial charge in [0.05, 0.1) is 16.7 Å². The van der Waals surface area contributed by atoms with Crippen LogP contribution in [0.4, 0.5) is 23.2 Å². The number of aliphatic hydroxyl groups excluding tert-OH is 1. The smallest absolute Gasteiger partial charge is 0.257 e. The number of hydrogen-bond donors (Lipinski definition) is 3. The number of rotatable bonds is 5. The monoisotopic (exact) mass is 480 g/mol. The first-order valence-electron chi connectivity index (χ1n) is 9.13. The van der Waals surface area contributed by atoms with Crippen LogP contribution in [0.25, 0.3) is 0 Å². The normalized spacial score (nSPS) is 19.3. The summed E-state index contributed by atoms with van der Waals surface area (Å²) in [5, 5.41) is 11.3. The highest BCUT2D eigenvalue weighted by molar-refractivity contribution is 7.89. The number of benzene rings is 2. The largest absolute Gasteiger partial charge is 0.393 e. The lowest BCUT2D eigenvalue weighted by Gasteiger charge is -2.26. The molecule has 2 aromatic carbocycles. The van der Waals surface area contributed by atoms with Gasteiger partial charge in [0.1, 0.15) is 10.7 Å². The van der Waals surface area contributed by atoms with Crippen LogP contribution in [0.5, 0.6) is 0 Å². The molecule has 31 heavy (non-hydrogen) atoms. The van der Waals surface area contributed by atoms with Gasteiger partial charge in [0, 0.05) is 23.9 Å². The van der Waals surface area contributed by atoms with Crippen LogP contribution in [0.15, 0.2) is 29.2 Å². The third-order valence-corrected chi connectivity index (χ3v) is 6.61. The summed E-state index contributed by atoms with van der Waals surface area (Å²) in [6, 6.07) is 1.71. The third kappa shape index (κ3) is 5.35. The molecule has 1 fully saturated rings. The first-order chi connectivity index (χ1) is 14.5. The van der Waals surface area contributed by atoms with E-state index < -0.39 is 72.5 Å². The van der Waals surface area contributed by atoms with E-state index in [0.29, 0.717) is 43.5 Å². The summed E-state index contributed by atoms with van der Waals surface area (Å²) in [7, 11) is -4.42. The molecule has 0 radical (unpaired) electrons. The van der Waals surface area contributed by atoms with Crippen LogP contribution in [-0.4, -0.2) is 31.6 Å². The van der Waals surface area contributed by atoms with E-state index >= 15 is 0 Å². The van der Waals surface area contributed by atoms with Crippen LogP contribution in [-0.2, 0) is 10.0 Å². The molecule has 2 unspecified atom stereocenters. The minimum Gasteiger partial charge on any atom is -0.393 e. The Morgan fingerprint density at radius 2 is 1.68 bits per heavy atom. The molecule has 12 heteroatoms. The third-order valence-electron chi connectivity index (χ3n) is 4.77. The van der Waals surface area contributed by atoms with Crippen LogP contribution in [0.2, 0.25) is 5.02 Å². The van der Waals surface area contributed by atoms with Crippen LogP contribution in [0.3, 0.4) is 0 Å². The van der Waals surface area contributed by atoms with Crippen molar-refractivity contribution >= 4 is 33.2 Å². The lowest BCUT2D eigenvalue weighted by atomic mass is 9.94. The number of carbonyl (C=O) groups excluding carboxylic acids is 1. The Bertz CT molecular complexity index is 1110. The van der Waals surface area contributed by atoms with Gasteiger partial charge in [-0.25, -0.2) is 30.7 Å². The minimum absolute atomic E-state index is 0.156. The zero-order valence-corrected chi connectivity index (χ0v) is 17.3. The van der Waals surface area contributed by atoms with Crippen molar-refractivity contribution in [3.05, 3.63) is 58.1 Å². The average Bonchev–Trinajstić information content (AvgIpc) is 2.65. The second kappa shape index (κ2) is 9.11. The molecule has 2 aromatic rings. The molecule has 1 aliphatic carbocycles. The highest BCUT2D eigenvalue weighted by Gasteiger charge is 2.29. The van der Waals surface area contributed by atoms with Crippen LogP contribution in [0, 0.1) is 23.3 Å². The van der Waals surface area contributed by atoms with E-state index in [2.05, 4.69) is 10.0 Å². The van der Waals surface area contributed by atoms with Gasteiger partial charge in [-0.2, -0.15) is 0 Å². The molecule has 2 atom stereocenters. The second-order valence-corrected chi connectivity index (χ2v) is 9.20. The molecule has 6 nitrogen and oxygen atoms in total. The lowest BCUT2D eigenvalue weighted by molar-refractivity contribution is 0.102. The highest BCUT2D eigenvalue weighted by atomic mass is 35.5. The Hall–Kier alpha value is -2.21. The van der Waals surface area contributed by atoms with E-state index in [1.165, 1.54) is 0 Å². The maximum Gasteiger partial charge on any atom is 0.257 e. The van der Waals surface area contributed by atoms with Crippen molar-refractivity contribution < 1.29 is 35.9 Å². The molecule has 0 spiro atoms. The van der Waals surface area contributed by atoms with Gasteiger partial charge in [0.2, 0.25) is 10.0 Å². The topological polar surface area (TPSA) is 95.5 Å². The van der Waals surface area contributed by atoms with Gasteiger partial charge < -0.3 is 10.4 Å². The van der Waals surface area contributed by atoms with E-state index in [-0.39, 0.29) is 6.42 Å². The molecule has 1 saturated carbocycles. The maximum atomic E-state index is 14.4. The number of sulfonamides is 1. The fraction of sp³-hybridized carbons (Fsp3) is 0.316.